The van der Waals surface area contributed by atoms with Crippen molar-refractivity contribution in [3.8, 4) is 0 Å². The molecular weight excluding hydrogens is 529 g/mol. The number of alkyl halides is 3. The predicted octanol–water partition coefficient (Wildman–Crippen LogP) is 6.83. The van der Waals surface area contributed by atoms with E-state index in [0.29, 0.717) is 12.1 Å². The van der Waals surface area contributed by atoms with Gasteiger partial charge in [-0.25, -0.2) is 0 Å². The van der Waals surface area contributed by atoms with Crippen LogP contribution in [-0.4, -0.2) is 26.7 Å². The van der Waals surface area contributed by atoms with Crippen LogP contribution in [-0.2, 0) is 20.9 Å². The zero-order chi connectivity index (χ0) is 24.8. The highest BCUT2D eigenvalue weighted by Crippen LogP contribution is 2.40. The Kier molecular flexibility index (Phi) is 9.00. The van der Waals surface area contributed by atoms with E-state index in [1.54, 1.807) is 30.0 Å². The van der Waals surface area contributed by atoms with Crippen LogP contribution in [0, 0.1) is 0 Å². The van der Waals surface area contributed by atoms with Crippen molar-refractivity contribution in [3.05, 3.63) is 95.6 Å². The number of thioether (sulfide) groups is 1. The van der Waals surface area contributed by atoms with E-state index in [0.717, 1.165) is 22.4 Å². The summed E-state index contributed by atoms with van der Waals surface area (Å²) in [5, 5.41) is 12.0. The maximum absolute atomic E-state index is 12.1. The summed E-state index contributed by atoms with van der Waals surface area (Å²) in [6, 6.07) is 25.0. The van der Waals surface area contributed by atoms with Gasteiger partial charge in [-0.1, -0.05) is 89.4 Å². The minimum absolute atomic E-state index is 0.0133. The van der Waals surface area contributed by atoms with Gasteiger partial charge in [-0.05, 0) is 35.4 Å². The highest BCUT2D eigenvalue weighted by molar-refractivity contribution is 7.99. The number of amides is 1. The molecule has 0 unspecified atom stereocenters. The minimum atomic E-state index is -2.07. The van der Waals surface area contributed by atoms with Crippen molar-refractivity contribution in [2.45, 2.75) is 40.2 Å². The lowest BCUT2D eigenvalue weighted by molar-refractivity contribution is -0.245. The molecule has 1 amide bonds. The normalized spacial score (nSPS) is 20.4. The zero-order valence-corrected chi connectivity index (χ0v) is 21.7. The van der Waals surface area contributed by atoms with E-state index < -0.39 is 16.0 Å². The molecule has 0 radical (unpaired) electrons. The van der Waals surface area contributed by atoms with Crippen molar-refractivity contribution in [1.82, 2.24) is 0 Å². The van der Waals surface area contributed by atoms with E-state index in [1.165, 1.54) is 4.90 Å². The highest BCUT2D eigenvalue weighted by atomic mass is 35.6. The van der Waals surface area contributed by atoms with Gasteiger partial charge in [0.05, 0.1) is 18.8 Å². The van der Waals surface area contributed by atoms with E-state index in [-0.39, 0.29) is 18.8 Å². The third-order valence-electron chi connectivity index (χ3n) is 5.47. The quantitative estimate of drug-likeness (QED) is 0.248. The molecule has 1 heterocycles. The fourth-order valence-corrected chi connectivity index (χ4v) is 4.78. The number of rotatable bonds is 7. The number of carbonyl (C=O) groups is 1. The average molecular weight is 553 g/mol. The molecule has 0 aliphatic carbocycles. The molecular formula is C26H24Cl3NO4S. The molecule has 1 aliphatic rings. The molecule has 0 spiro atoms. The van der Waals surface area contributed by atoms with Crippen LogP contribution in [0.3, 0.4) is 0 Å². The molecule has 184 valence electrons. The van der Waals surface area contributed by atoms with Gasteiger partial charge in [0.15, 0.2) is 6.29 Å². The Morgan fingerprint density at radius 2 is 1.71 bits per heavy atom. The number of hydrogen-bond donors (Lipinski definition) is 2. The van der Waals surface area contributed by atoms with Gasteiger partial charge in [-0.3, -0.25) is 4.79 Å². The fraction of sp³-hybridized carbons (Fsp3) is 0.269. The Morgan fingerprint density at radius 3 is 2.40 bits per heavy atom. The lowest BCUT2D eigenvalue weighted by Gasteiger charge is -2.36. The lowest BCUT2D eigenvalue weighted by atomic mass is 10.0. The molecule has 1 saturated heterocycles. The number of aliphatic hydroxyl groups is 1. The number of halogens is 3. The smallest absolute Gasteiger partial charge is 0.276 e. The maximum Gasteiger partial charge on any atom is 0.276 e. The van der Waals surface area contributed by atoms with Gasteiger partial charge >= 0.3 is 0 Å². The first kappa shape index (κ1) is 26.3. The minimum Gasteiger partial charge on any atom is -0.392 e. The van der Waals surface area contributed by atoms with E-state index in [4.69, 9.17) is 44.3 Å². The summed E-state index contributed by atoms with van der Waals surface area (Å²) in [6.45, 7) is -0.0133. The molecule has 4 rings (SSSR count). The summed E-state index contributed by atoms with van der Waals surface area (Å²) in [5.41, 5.74) is 3.05. The first-order valence-electron chi connectivity index (χ1n) is 11.0. The van der Waals surface area contributed by atoms with Gasteiger partial charge in [0.25, 0.3) is 9.70 Å². The second-order valence-corrected chi connectivity index (χ2v) is 11.4. The van der Waals surface area contributed by atoms with Crippen molar-refractivity contribution in [1.29, 1.82) is 0 Å². The second-order valence-electron chi connectivity index (χ2n) is 8.05. The summed E-state index contributed by atoms with van der Waals surface area (Å²) >= 11 is 18.8. The van der Waals surface area contributed by atoms with Crippen molar-refractivity contribution in [3.63, 3.8) is 0 Å². The second kappa shape index (κ2) is 12.0. The summed E-state index contributed by atoms with van der Waals surface area (Å²) in [7, 11) is 0. The van der Waals surface area contributed by atoms with Gasteiger partial charge in [0, 0.05) is 28.3 Å². The van der Waals surface area contributed by atoms with Gasteiger partial charge in [-0.15, -0.1) is 11.8 Å². The number of ether oxygens (including phenoxy) is 2. The third-order valence-corrected chi connectivity index (χ3v) is 7.13. The molecule has 0 aromatic heterocycles. The van der Waals surface area contributed by atoms with Crippen LogP contribution >= 0.6 is 46.6 Å². The number of hydrogen-bond acceptors (Lipinski definition) is 5. The van der Waals surface area contributed by atoms with Crippen molar-refractivity contribution < 1.29 is 19.4 Å². The van der Waals surface area contributed by atoms with Crippen LogP contribution < -0.4 is 5.32 Å². The van der Waals surface area contributed by atoms with Gasteiger partial charge in [0.2, 0.25) is 0 Å². The van der Waals surface area contributed by atoms with E-state index in [2.05, 4.69) is 17.4 Å². The standard InChI is InChI=1S/C26H24Cl3NO4S/c27-26(28,29)25(32)30-20-6-4-5-19(13-20)24-33-21(16-35-22-7-2-1-3-8-22)14-23(34-24)18-11-9-17(15-31)10-12-18/h1-13,21,23-24,31H,14-16H2,(H,30,32)/t21-,23+,24+/m1/s1. The Hall–Kier alpha value is -1.77. The number of aliphatic hydroxyl groups excluding tert-OH is 1. The summed E-state index contributed by atoms with van der Waals surface area (Å²) in [4.78, 5) is 13.3. The van der Waals surface area contributed by atoms with Gasteiger partial charge in [0.1, 0.15) is 0 Å². The van der Waals surface area contributed by atoms with Gasteiger partial charge < -0.3 is 19.9 Å². The molecule has 0 saturated carbocycles. The molecule has 3 aromatic rings. The maximum atomic E-state index is 12.1. The summed E-state index contributed by atoms with van der Waals surface area (Å²) in [6.07, 6.45) is -0.265. The molecule has 1 aliphatic heterocycles. The predicted molar refractivity (Wildman–Crippen MR) is 141 cm³/mol. The Balaban J connectivity index is 1.54. The number of nitrogens with one attached hydrogen (secondary N) is 1. The third kappa shape index (κ3) is 7.37. The largest absolute Gasteiger partial charge is 0.392 e. The first-order chi connectivity index (χ1) is 16.8. The molecule has 1 fully saturated rings. The molecule has 9 heteroatoms. The molecule has 3 aromatic carbocycles. The summed E-state index contributed by atoms with van der Waals surface area (Å²) in [5.74, 6) is 0.00261. The average Bonchev–Trinajstić information content (AvgIpc) is 2.87. The van der Waals surface area contributed by atoms with Crippen LogP contribution in [0.4, 0.5) is 5.69 Å². The fourth-order valence-electron chi connectivity index (χ4n) is 3.69. The van der Waals surface area contributed by atoms with E-state index in [9.17, 15) is 9.90 Å². The molecule has 3 atom stereocenters. The van der Waals surface area contributed by atoms with Crippen molar-refractivity contribution >= 4 is 58.2 Å². The molecule has 5 nitrogen and oxygen atoms in total. The Bertz CT molecular complexity index is 1130. The van der Waals surface area contributed by atoms with Gasteiger partial charge in [-0.2, -0.15) is 0 Å². The Labute approximate surface area is 223 Å². The zero-order valence-electron chi connectivity index (χ0n) is 18.6. The van der Waals surface area contributed by atoms with Crippen LogP contribution in [0.15, 0.2) is 83.8 Å². The number of benzene rings is 3. The van der Waals surface area contributed by atoms with E-state index in [1.807, 2.05) is 48.5 Å². The van der Waals surface area contributed by atoms with Crippen LogP contribution in [0.1, 0.15) is 35.5 Å². The highest BCUT2D eigenvalue weighted by Gasteiger charge is 2.33. The number of carbonyl (C=O) groups excluding carboxylic acids is 1. The van der Waals surface area contributed by atoms with Crippen LogP contribution in [0.2, 0.25) is 0 Å². The molecule has 2 N–H and O–H groups in total. The monoisotopic (exact) mass is 551 g/mol. The molecule has 0 bridgehead atoms. The SMILES string of the molecule is O=C(Nc1cccc([C@H]2O[C@@H](CSc3ccccc3)C[C@@H](c3ccc(CO)cc3)O2)c1)C(Cl)(Cl)Cl. The van der Waals surface area contributed by atoms with Crippen molar-refractivity contribution in [2.75, 3.05) is 11.1 Å². The number of anilines is 1. The van der Waals surface area contributed by atoms with Crippen LogP contribution in [0.5, 0.6) is 0 Å². The van der Waals surface area contributed by atoms with E-state index >= 15 is 0 Å². The van der Waals surface area contributed by atoms with Crippen LogP contribution in [0.25, 0.3) is 0 Å². The first-order valence-corrected chi connectivity index (χ1v) is 13.1. The lowest BCUT2D eigenvalue weighted by Crippen LogP contribution is -2.31. The summed E-state index contributed by atoms with van der Waals surface area (Å²) < 4.78 is 10.6. The molecule has 35 heavy (non-hydrogen) atoms. The Morgan fingerprint density at radius 1 is 0.971 bits per heavy atom. The topological polar surface area (TPSA) is 67.8 Å². The van der Waals surface area contributed by atoms with Crippen molar-refractivity contribution in [2.24, 2.45) is 0 Å².